The molecule has 3 aromatic rings. The molecule has 0 aliphatic carbocycles. The molecule has 0 aliphatic heterocycles. The topological polar surface area (TPSA) is 51.5 Å². The predicted octanol–water partition coefficient (Wildman–Crippen LogP) is 5.28. The molecule has 0 spiro atoms. The van der Waals surface area contributed by atoms with E-state index in [9.17, 15) is 22.4 Å². The van der Waals surface area contributed by atoms with Gasteiger partial charge in [0.2, 0.25) is 11.6 Å². The first kappa shape index (κ1) is 19.5. The van der Waals surface area contributed by atoms with Gasteiger partial charge in [0.05, 0.1) is 0 Å². The van der Waals surface area contributed by atoms with Gasteiger partial charge in [-0.3, -0.25) is 4.79 Å². The largest absolute Gasteiger partial charge is 0.479 e. The molecule has 0 unspecified atom stereocenters. The van der Waals surface area contributed by atoms with Crippen molar-refractivity contribution in [1.82, 2.24) is 0 Å². The first-order valence-corrected chi connectivity index (χ1v) is 8.20. The minimum absolute atomic E-state index is 0.0367. The summed E-state index contributed by atoms with van der Waals surface area (Å²) < 4.78 is 63.6. The Morgan fingerprint density at radius 3 is 2.39 bits per heavy atom. The van der Waals surface area contributed by atoms with Gasteiger partial charge in [-0.1, -0.05) is 12.1 Å². The van der Waals surface area contributed by atoms with Crippen molar-refractivity contribution in [3.63, 3.8) is 0 Å². The molecule has 0 aliphatic rings. The lowest BCUT2D eigenvalue weighted by atomic mass is 10.1. The van der Waals surface area contributed by atoms with Gasteiger partial charge in [-0.15, -0.1) is 0 Å². The summed E-state index contributed by atoms with van der Waals surface area (Å²) in [6.07, 6.45) is 0. The molecule has 0 atom stereocenters. The summed E-state index contributed by atoms with van der Waals surface area (Å²) in [5.74, 6) is -8.23. The van der Waals surface area contributed by atoms with Crippen LogP contribution in [0.5, 0.6) is 5.75 Å². The Balaban J connectivity index is 1.71. The number of hydrogen-bond donors (Lipinski definition) is 1. The van der Waals surface area contributed by atoms with Crippen molar-refractivity contribution in [1.29, 1.82) is 0 Å². The van der Waals surface area contributed by atoms with Crippen molar-refractivity contribution in [2.75, 3.05) is 5.32 Å². The molecule has 1 amide bonds. The van der Waals surface area contributed by atoms with Gasteiger partial charge >= 0.3 is 0 Å². The summed E-state index contributed by atoms with van der Waals surface area (Å²) in [6, 6.07) is 8.21. The normalized spacial score (nSPS) is 10.8. The van der Waals surface area contributed by atoms with Gasteiger partial charge in [0.15, 0.2) is 23.1 Å². The number of amides is 1. The van der Waals surface area contributed by atoms with Gasteiger partial charge in [0.1, 0.15) is 12.4 Å². The lowest BCUT2D eigenvalue weighted by molar-refractivity contribution is 0.0992. The molecule has 28 heavy (non-hydrogen) atoms. The SMILES string of the molecule is Cc1cccc(NC(=O)c2ccc(COc3c(F)c(F)cc(F)c3F)o2)c1C. The van der Waals surface area contributed by atoms with Gasteiger partial charge in [-0.25, -0.2) is 8.78 Å². The van der Waals surface area contributed by atoms with Crippen LogP contribution in [0.15, 0.2) is 40.8 Å². The summed E-state index contributed by atoms with van der Waals surface area (Å²) in [7, 11) is 0. The average Bonchev–Trinajstić information content (AvgIpc) is 3.13. The van der Waals surface area contributed by atoms with Crippen LogP contribution in [0.1, 0.15) is 27.4 Å². The molecule has 0 saturated carbocycles. The maximum atomic E-state index is 13.6. The maximum absolute atomic E-state index is 13.6. The summed E-state index contributed by atoms with van der Waals surface area (Å²) >= 11 is 0. The van der Waals surface area contributed by atoms with Crippen molar-refractivity contribution in [3.05, 3.63) is 82.3 Å². The number of hydrogen-bond acceptors (Lipinski definition) is 3. The van der Waals surface area contributed by atoms with E-state index >= 15 is 0 Å². The van der Waals surface area contributed by atoms with Crippen LogP contribution in [0.2, 0.25) is 0 Å². The Kier molecular flexibility index (Phi) is 5.39. The van der Waals surface area contributed by atoms with Crippen LogP contribution in [-0.2, 0) is 6.61 Å². The molecule has 1 aromatic heterocycles. The van der Waals surface area contributed by atoms with E-state index in [1.165, 1.54) is 12.1 Å². The maximum Gasteiger partial charge on any atom is 0.291 e. The van der Waals surface area contributed by atoms with E-state index in [1.54, 1.807) is 12.1 Å². The lowest BCUT2D eigenvalue weighted by Crippen LogP contribution is -2.12. The molecule has 8 heteroatoms. The number of nitrogens with one attached hydrogen (secondary N) is 1. The molecule has 0 radical (unpaired) electrons. The molecule has 1 heterocycles. The van der Waals surface area contributed by atoms with Crippen molar-refractivity contribution in [3.8, 4) is 5.75 Å². The Morgan fingerprint density at radius 1 is 1.04 bits per heavy atom. The zero-order chi connectivity index (χ0) is 20.4. The number of ether oxygens (including phenoxy) is 1. The van der Waals surface area contributed by atoms with Gasteiger partial charge < -0.3 is 14.5 Å². The fraction of sp³-hybridized carbons (Fsp3) is 0.150. The summed E-state index contributed by atoms with van der Waals surface area (Å²) in [6.45, 7) is 3.22. The van der Waals surface area contributed by atoms with Crippen LogP contribution in [0.4, 0.5) is 23.2 Å². The van der Waals surface area contributed by atoms with Gasteiger partial charge in [0.25, 0.3) is 5.91 Å². The number of rotatable bonds is 5. The molecule has 4 nitrogen and oxygen atoms in total. The van der Waals surface area contributed by atoms with E-state index in [1.807, 2.05) is 19.9 Å². The van der Waals surface area contributed by atoms with E-state index < -0.39 is 41.5 Å². The Labute approximate surface area is 157 Å². The zero-order valence-corrected chi connectivity index (χ0v) is 14.9. The Hall–Kier alpha value is -3.29. The molecule has 0 bridgehead atoms. The second-order valence-corrected chi connectivity index (χ2v) is 6.05. The highest BCUT2D eigenvalue weighted by molar-refractivity contribution is 6.02. The van der Waals surface area contributed by atoms with Crippen molar-refractivity contribution >= 4 is 11.6 Å². The number of anilines is 1. The number of benzene rings is 2. The highest BCUT2D eigenvalue weighted by Gasteiger charge is 2.21. The fourth-order valence-electron chi connectivity index (χ4n) is 2.47. The monoisotopic (exact) mass is 393 g/mol. The third-order valence-electron chi connectivity index (χ3n) is 4.17. The van der Waals surface area contributed by atoms with Crippen LogP contribution in [0, 0.1) is 37.1 Å². The standard InChI is InChI=1S/C20H15F4NO3/c1-10-4-3-5-15(11(10)2)25-20(26)16-7-6-12(28-16)9-27-19-17(23)13(21)8-14(22)18(19)24/h3-8H,9H2,1-2H3,(H,25,26). The first-order valence-electron chi connectivity index (χ1n) is 8.20. The highest BCUT2D eigenvalue weighted by Crippen LogP contribution is 2.27. The zero-order valence-electron chi connectivity index (χ0n) is 14.9. The van der Waals surface area contributed by atoms with Gasteiger partial charge in [-0.05, 0) is 43.2 Å². The quantitative estimate of drug-likeness (QED) is 0.474. The van der Waals surface area contributed by atoms with Crippen molar-refractivity contribution in [2.24, 2.45) is 0 Å². The van der Waals surface area contributed by atoms with Crippen molar-refractivity contribution < 1.29 is 31.5 Å². The summed E-state index contributed by atoms with van der Waals surface area (Å²) in [5.41, 5.74) is 2.50. The first-order chi connectivity index (χ1) is 13.3. The smallest absolute Gasteiger partial charge is 0.291 e. The fourth-order valence-corrected chi connectivity index (χ4v) is 2.47. The predicted molar refractivity (Wildman–Crippen MR) is 93.2 cm³/mol. The summed E-state index contributed by atoms with van der Waals surface area (Å²) in [4.78, 5) is 12.3. The lowest BCUT2D eigenvalue weighted by Gasteiger charge is -2.09. The number of aryl methyl sites for hydroxylation is 1. The Bertz CT molecular complexity index is 1020. The van der Waals surface area contributed by atoms with E-state index in [0.717, 1.165) is 11.1 Å². The summed E-state index contributed by atoms with van der Waals surface area (Å²) in [5, 5.41) is 2.69. The minimum atomic E-state index is -1.65. The number of halogens is 4. The van der Waals surface area contributed by atoms with E-state index in [0.29, 0.717) is 5.69 Å². The number of furan rings is 1. The minimum Gasteiger partial charge on any atom is -0.479 e. The second-order valence-electron chi connectivity index (χ2n) is 6.05. The third kappa shape index (κ3) is 3.85. The van der Waals surface area contributed by atoms with Gasteiger partial charge in [0, 0.05) is 11.8 Å². The average molecular weight is 393 g/mol. The van der Waals surface area contributed by atoms with Crippen LogP contribution >= 0.6 is 0 Å². The molecule has 0 saturated heterocycles. The van der Waals surface area contributed by atoms with Crippen LogP contribution < -0.4 is 10.1 Å². The molecular weight excluding hydrogens is 378 g/mol. The van der Waals surface area contributed by atoms with Crippen LogP contribution in [0.3, 0.4) is 0 Å². The van der Waals surface area contributed by atoms with Crippen molar-refractivity contribution in [2.45, 2.75) is 20.5 Å². The molecule has 0 fully saturated rings. The Morgan fingerprint density at radius 2 is 1.71 bits per heavy atom. The van der Waals surface area contributed by atoms with Crippen LogP contribution in [0.25, 0.3) is 0 Å². The second kappa shape index (κ2) is 7.75. The molecule has 3 rings (SSSR count). The van der Waals surface area contributed by atoms with E-state index in [4.69, 9.17) is 9.15 Å². The molecule has 2 aromatic carbocycles. The third-order valence-corrected chi connectivity index (χ3v) is 4.17. The number of carbonyl (C=O) groups excluding carboxylic acids is 1. The van der Waals surface area contributed by atoms with E-state index in [2.05, 4.69) is 5.32 Å². The molecule has 1 N–H and O–H groups in total. The molecule has 146 valence electrons. The van der Waals surface area contributed by atoms with Gasteiger partial charge in [-0.2, -0.15) is 8.78 Å². The van der Waals surface area contributed by atoms with E-state index in [-0.39, 0.29) is 17.6 Å². The molecular formula is C20H15F4NO3. The van der Waals surface area contributed by atoms with Crippen LogP contribution in [-0.4, -0.2) is 5.91 Å². The number of carbonyl (C=O) groups is 1. The highest BCUT2D eigenvalue weighted by atomic mass is 19.2.